The summed E-state index contributed by atoms with van der Waals surface area (Å²) in [5.74, 6) is -4.98. The lowest BCUT2D eigenvalue weighted by atomic mass is 9.93. The summed E-state index contributed by atoms with van der Waals surface area (Å²) in [6.07, 6.45) is 11.7. The monoisotopic (exact) mass is 920 g/mol. The van der Waals surface area contributed by atoms with Gasteiger partial charge in [0.1, 0.15) is 24.2 Å². The molecule has 4 rings (SSSR count). The minimum atomic E-state index is -4.66. The third-order valence-electron chi connectivity index (χ3n) is 11.7. The van der Waals surface area contributed by atoms with Crippen LogP contribution < -0.4 is 27.0 Å². The van der Waals surface area contributed by atoms with Crippen LogP contribution in [0.25, 0.3) is 0 Å². The summed E-state index contributed by atoms with van der Waals surface area (Å²) in [5.41, 5.74) is 8.52. The average Bonchev–Trinajstić information content (AvgIpc) is 3.94. The molecule has 356 valence electrons. The Morgan fingerprint density at radius 3 is 2.08 bits per heavy atom. The summed E-state index contributed by atoms with van der Waals surface area (Å²) in [5, 5.41) is 10.6. The number of aromatic nitrogens is 2. The molecule has 0 unspecified atom stereocenters. The first-order valence-electron chi connectivity index (χ1n) is 22.9. The SMILES string of the molecule is CC(=O)N1CCC[C@H]1C(=O)N[C@@H](CC(C)C)C(=O)N[C@@H](Cc1cncn1CCCCCCCCc1ccccc1)C(=O)NCC(=O)N[C@@H](C(N)=O)[C@H](CCc1ccccc1)CP(=O)(O)O. The highest BCUT2D eigenvalue weighted by Gasteiger charge is 2.36. The average molecular weight is 921 g/mol. The van der Waals surface area contributed by atoms with Gasteiger partial charge in [0, 0.05) is 38.3 Å². The van der Waals surface area contributed by atoms with E-state index in [0.29, 0.717) is 38.0 Å². The van der Waals surface area contributed by atoms with Crippen molar-refractivity contribution < 1.29 is 43.1 Å². The Morgan fingerprint density at radius 1 is 0.831 bits per heavy atom. The molecule has 0 spiro atoms. The molecule has 1 saturated heterocycles. The first-order chi connectivity index (χ1) is 31.0. The van der Waals surface area contributed by atoms with E-state index in [9.17, 15) is 43.1 Å². The maximum atomic E-state index is 14.1. The summed E-state index contributed by atoms with van der Waals surface area (Å²) in [4.78, 5) is 105. The highest BCUT2D eigenvalue weighted by Crippen LogP contribution is 2.39. The van der Waals surface area contributed by atoms with E-state index >= 15 is 0 Å². The Morgan fingerprint density at radius 2 is 1.46 bits per heavy atom. The van der Waals surface area contributed by atoms with Crippen molar-refractivity contribution in [1.82, 2.24) is 35.7 Å². The molecule has 3 aromatic rings. The number of benzene rings is 2. The highest BCUT2D eigenvalue weighted by atomic mass is 31.2. The quantitative estimate of drug-likeness (QED) is 0.0412. The van der Waals surface area contributed by atoms with Crippen LogP contribution >= 0.6 is 7.60 Å². The van der Waals surface area contributed by atoms with Gasteiger partial charge in [-0.15, -0.1) is 0 Å². The molecule has 1 aromatic heterocycles. The zero-order chi connectivity index (χ0) is 47.4. The Kier molecular flexibility index (Phi) is 21.3. The van der Waals surface area contributed by atoms with Gasteiger partial charge in [-0.05, 0) is 74.3 Å². The fourth-order valence-electron chi connectivity index (χ4n) is 8.36. The number of hydrogen-bond acceptors (Lipinski definition) is 8. The fraction of sp³-hybridized carbons (Fsp3) is 0.553. The molecular weight excluding hydrogens is 852 g/mol. The molecule has 1 fully saturated rings. The van der Waals surface area contributed by atoms with Crippen molar-refractivity contribution in [2.24, 2.45) is 17.6 Å². The van der Waals surface area contributed by atoms with Crippen molar-refractivity contribution in [3.63, 3.8) is 0 Å². The van der Waals surface area contributed by atoms with Crippen molar-refractivity contribution in [2.45, 2.75) is 135 Å². The maximum Gasteiger partial charge on any atom is 0.325 e. The lowest BCUT2D eigenvalue weighted by Gasteiger charge is -2.28. The molecule has 0 aliphatic carbocycles. The molecule has 0 bridgehead atoms. The molecule has 2 heterocycles. The molecule has 2 aromatic carbocycles. The van der Waals surface area contributed by atoms with Crippen molar-refractivity contribution in [3.8, 4) is 0 Å². The summed E-state index contributed by atoms with van der Waals surface area (Å²) in [7, 11) is -4.66. The van der Waals surface area contributed by atoms with Crippen LogP contribution in [-0.4, -0.2) is 103 Å². The largest absolute Gasteiger partial charge is 0.368 e. The predicted octanol–water partition coefficient (Wildman–Crippen LogP) is 3.55. The number of hydrogen-bond donors (Lipinski definition) is 7. The number of imidazole rings is 1. The number of amides is 6. The van der Waals surface area contributed by atoms with Crippen molar-refractivity contribution in [2.75, 3.05) is 19.3 Å². The molecule has 6 amide bonds. The summed E-state index contributed by atoms with van der Waals surface area (Å²) in [6.45, 7) is 5.58. The van der Waals surface area contributed by atoms with E-state index < -0.39 is 79.9 Å². The predicted molar refractivity (Wildman–Crippen MR) is 247 cm³/mol. The Bertz CT molecular complexity index is 2040. The fourth-order valence-corrected chi connectivity index (χ4v) is 9.37. The van der Waals surface area contributed by atoms with Gasteiger partial charge >= 0.3 is 7.60 Å². The number of nitrogens with two attached hydrogens (primary N) is 1. The van der Waals surface area contributed by atoms with E-state index in [2.05, 4.69) is 50.5 Å². The van der Waals surface area contributed by atoms with Crippen molar-refractivity contribution in [1.29, 1.82) is 0 Å². The van der Waals surface area contributed by atoms with E-state index in [1.54, 1.807) is 12.5 Å². The van der Waals surface area contributed by atoms with Crippen molar-refractivity contribution in [3.05, 3.63) is 90.0 Å². The number of rotatable bonds is 28. The molecule has 1 aliphatic heterocycles. The first-order valence-corrected chi connectivity index (χ1v) is 24.7. The second kappa shape index (κ2) is 26.5. The Hall–Kier alpha value is -5.38. The van der Waals surface area contributed by atoms with Crippen LogP contribution in [0.2, 0.25) is 0 Å². The number of carbonyl (C=O) groups is 6. The Balaban J connectivity index is 1.44. The van der Waals surface area contributed by atoms with Gasteiger partial charge in [-0.25, -0.2) is 4.98 Å². The van der Waals surface area contributed by atoms with E-state index in [-0.39, 0.29) is 31.1 Å². The number of nitrogens with one attached hydrogen (secondary N) is 4. The lowest BCUT2D eigenvalue weighted by Crippen LogP contribution is -2.58. The summed E-state index contributed by atoms with van der Waals surface area (Å²) < 4.78 is 14.1. The molecular formula is C47H69N8O9P. The van der Waals surface area contributed by atoms with Crippen LogP contribution in [0.5, 0.6) is 0 Å². The van der Waals surface area contributed by atoms with Crippen LogP contribution in [-0.2, 0) is 59.1 Å². The van der Waals surface area contributed by atoms with Crippen LogP contribution in [0.3, 0.4) is 0 Å². The van der Waals surface area contributed by atoms with Crippen LogP contribution in [0.15, 0.2) is 73.2 Å². The van der Waals surface area contributed by atoms with Crippen molar-refractivity contribution >= 4 is 43.0 Å². The lowest BCUT2D eigenvalue weighted by molar-refractivity contribution is -0.138. The molecule has 0 radical (unpaired) electrons. The van der Waals surface area contributed by atoms with Gasteiger partial charge in [-0.1, -0.05) is 100 Å². The highest BCUT2D eigenvalue weighted by molar-refractivity contribution is 7.51. The van der Waals surface area contributed by atoms with E-state index in [1.807, 2.05) is 54.8 Å². The van der Waals surface area contributed by atoms with Gasteiger partial charge in [0.15, 0.2) is 0 Å². The molecule has 0 saturated carbocycles. The maximum absolute atomic E-state index is 14.1. The number of likely N-dealkylation sites (tertiary alicyclic amines) is 1. The smallest absolute Gasteiger partial charge is 0.325 e. The minimum absolute atomic E-state index is 0.0183. The summed E-state index contributed by atoms with van der Waals surface area (Å²) in [6, 6.07) is 15.0. The van der Waals surface area contributed by atoms with Crippen LogP contribution in [0, 0.1) is 11.8 Å². The molecule has 8 N–H and O–H groups in total. The van der Waals surface area contributed by atoms with Gasteiger partial charge in [0.05, 0.1) is 19.0 Å². The minimum Gasteiger partial charge on any atom is -0.368 e. The topological polar surface area (TPSA) is 255 Å². The van der Waals surface area contributed by atoms with Gasteiger partial charge < -0.3 is 46.3 Å². The van der Waals surface area contributed by atoms with Gasteiger partial charge in [0.25, 0.3) is 0 Å². The first kappa shape index (κ1) is 52.2. The number of nitrogens with zero attached hydrogens (tertiary/aromatic N) is 3. The Labute approximate surface area is 382 Å². The van der Waals surface area contributed by atoms with E-state index in [4.69, 9.17) is 5.73 Å². The molecule has 65 heavy (non-hydrogen) atoms. The molecule has 17 nitrogen and oxygen atoms in total. The number of carbonyl (C=O) groups excluding carboxylic acids is 6. The second-order valence-corrected chi connectivity index (χ2v) is 19.3. The van der Waals surface area contributed by atoms with Crippen LogP contribution in [0.1, 0.15) is 102 Å². The summed E-state index contributed by atoms with van der Waals surface area (Å²) >= 11 is 0. The second-order valence-electron chi connectivity index (χ2n) is 17.6. The van der Waals surface area contributed by atoms with Crippen LogP contribution in [0.4, 0.5) is 0 Å². The zero-order valence-electron chi connectivity index (χ0n) is 38.0. The van der Waals surface area contributed by atoms with Gasteiger partial charge in [-0.2, -0.15) is 0 Å². The number of primary amides is 1. The number of aryl methyl sites for hydroxylation is 3. The zero-order valence-corrected chi connectivity index (χ0v) is 38.9. The van der Waals surface area contributed by atoms with Gasteiger partial charge in [-0.3, -0.25) is 33.3 Å². The molecule has 18 heteroatoms. The number of unbranched alkanes of at least 4 members (excludes halogenated alkanes) is 5. The molecule has 5 atom stereocenters. The van der Waals surface area contributed by atoms with E-state index in [0.717, 1.165) is 50.5 Å². The normalized spacial score (nSPS) is 15.7. The molecule has 1 aliphatic rings. The third-order valence-corrected chi connectivity index (χ3v) is 12.7. The third kappa shape index (κ3) is 18.6. The van der Waals surface area contributed by atoms with Gasteiger partial charge in [0.2, 0.25) is 35.4 Å². The van der Waals surface area contributed by atoms with E-state index in [1.165, 1.54) is 17.4 Å². The standard InChI is InChI=1S/C47H69N8O9P/c1-33(2)27-39(52-47(61)41-22-16-26-55(41)34(3)56)46(60)51-40(28-38-29-49-32-54(38)25-15-7-5-4-6-10-17-35-18-11-8-12-19-35)45(59)50-30-42(57)53-43(44(48)58)37(31-65(62,63)64)24-23-36-20-13-9-14-21-36/h8-9,11-14,18-21,29,32-33,37,39-41,43H,4-7,10,15-17,22-28,30-31H2,1-3H3,(H2,48,58)(H,50,59)(H,51,60)(H,52,61)(H,53,57)(H2,62,63,64)/t37-,39+,40+,41+,43-/m1/s1.